The Balaban J connectivity index is 2.53. The van der Waals surface area contributed by atoms with Gasteiger partial charge in [0, 0.05) is 11.8 Å². The molecule has 1 rings (SSSR count). The van der Waals surface area contributed by atoms with Gasteiger partial charge in [-0.3, -0.25) is 10.1 Å². The molecule has 0 aromatic carbocycles. The summed E-state index contributed by atoms with van der Waals surface area (Å²) >= 11 is 1.80. The van der Waals surface area contributed by atoms with Gasteiger partial charge in [-0.05, 0) is 20.1 Å². The second kappa shape index (κ2) is 4.33. The minimum atomic E-state index is -0.0101. The molecule has 0 spiro atoms. The lowest BCUT2D eigenvalue weighted by atomic mass is 10.3. The van der Waals surface area contributed by atoms with Crippen LogP contribution in [0.1, 0.15) is 20.8 Å². The van der Waals surface area contributed by atoms with Crippen LogP contribution in [0.5, 0.6) is 0 Å². The van der Waals surface area contributed by atoms with Crippen LogP contribution < -0.4 is 5.32 Å². The number of hydrogen-bond donors (Lipinski definition) is 1. The molecule has 13 heavy (non-hydrogen) atoms. The van der Waals surface area contributed by atoms with Crippen LogP contribution in [0, 0.1) is 0 Å². The van der Waals surface area contributed by atoms with E-state index in [1.165, 1.54) is 0 Å². The van der Waals surface area contributed by atoms with Gasteiger partial charge in [-0.25, -0.2) is 0 Å². The molecule has 1 saturated heterocycles. The quantitative estimate of drug-likeness (QED) is 0.738. The van der Waals surface area contributed by atoms with Crippen LogP contribution in [0.25, 0.3) is 0 Å². The molecule has 0 aromatic heterocycles. The zero-order valence-corrected chi connectivity index (χ0v) is 9.52. The highest BCUT2D eigenvalue weighted by Crippen LogP contribution is 2.14. The topological polar surface area (TPSA) is 32.3 Å². The third-order valence-corrected chi connectivity index (χ3v) is 3.42. The number of nitrogens with one attached hydrogen (secondary N) is 1. The summed E-state index contributed by atoms with van der Waals surface area (Å²) in [7, 11) is 0. The minimum Gasteiger partial charge on any atom is -0.325 e. The molecule has 1 heterocycles. The van der Waals surface area contributed by atoms with Gasteiger partial charge in [0.05, 0.1) is 12.2 Å². The van der Waals surface area contributed by atoms with Gasteiger partial charge in [0.2, 0.25) is 5.91 Å². The molecule has 1 aliphatic rings. The zero-order chi connectivity index (χ0) is 10.0. The van der Waals surface area contributed by atoms with E-state index < -0.39 is 0 Å². The highest BCUT2D eigenvalue weighted by molar-refractivity contribution is 7.99. The Morgan fingerprint density at radius 1 is 1.62 bits per heavy atom. The van der Waals surface area contributed by atoms with Crippen molar-refractivity contribution in [2.24, 2.45) is 0 Å². The Labute approximate surface area is 84.2 Å². The summed E-state index contributed by atoms with van der Waals surface area (Å²) in [6.45, 7) is 6.95. The third kappa shape index (κ3) is 2.38. The van der Waals surface area contributed by atoms with Crippen LogP contribution in [-0.2, 0) is 4.79 Å². The molecule has 1 aliphatic heterocycles. The van der Waals surface area contributed by atoms with E-state index in [1.54, 1.807) is 11.8 Å². The van der Waals surface area contributed by atoms with Gasteiger partial charge in [0.15, 0.2) is 0 Å². The van der Waals surface area contributed by atoms with Crippen molar-refractivity contribution in [2.45, 2.75) is 38.2 Å². The minimum absolute atomic E-state index is 0.0101. The first kappa shape index (κ1) is 10.9. The fraction of sp³-hybridized carbons (Fsp3) is 0.889. The maximum atomic E-state index is 11.6. The normalized spacial score (nSPS) is 31.1. The number of amides is 1. The molecule has 0 bridgehead atoms. The Morgan fingerprint density at radius 3 is 2.62 bits per heavy atom. The Morgan fingerprint density at radius 2 is 2.23 bits per heavy atom. The van der Waals surface area contributed by atoms with Crippen LogP contribution in [0.15, 0.2) is 0 Å². The molecule has 4 heteroatoms. The van der Waals surface area contributed by atoms with Crippen molar-refractivity contribution in [1.82, 2.24) is 10.2 Å². The van der Waals surface area contributed by atoms with E-state index >= 15 is 0 Å². The van der Waals surface area contributed by atoms with Crippen LogP contribution in [0.3, 0.4) is 0 Å². The predicted molar refractivity (Wildman–Crippen MR) is 56.7 cm³/mol. The molecule has 76 valence electrons. The van der Waals surface area contributed by atoms with Crippen molar-refractivity contribution < 1.29 is 4.79 Å². The lowest BCUT2D eigenvalue weighted by Gasteiger charge is -2.23. The van der Waals surface area contributed by atoms with Crippen LogP contribution in [-0.4, -0.2) is 41.1 Å². The van der Waals surface area contributed by atoms with Crippen LogP contribution >= 0.6 is 11.8 Å². The first-order valence-corrected chi connectivity index (χ1v) is 5.94. The van der Waals surface area contributed by atoms with Crippen LogP contribution in [0.4, 0.5) is 0 Å². The molecule has 0 saturated carbocycles. The summed E-state index contributed by atoms with van der Waals surface area (Å²) in [5.74, 6) is 0.230. The fourth-order valence-corrected chi connectivity index (χ4v) is 1.87. The smallest absolute Gasteiger partial charge is 0.240 e. The predicted octanol–water partition coefficient (Wildman–Crippen LogP) is 0.904. The molecule has 1 N–H and O–H groups in total. The molecule has 0 aliphatic carbocycles. The average Bonchev–Trinajstić information content (AvgIpc) is 2.32. The van der Waals surface area contributed by atoms with Crippen molar-refractivity contribution >= 4 is 17.7 Å². The molecule has 3 nitrogen and oxygen atoms in total. The maximum absolute atomic E-state index is 11.6. The molecular weight excluding hydrogens is 184 g/mol. The SMILES string of the molecule is CSC(C)CN1C(=O)C(C)NC1C. The summed E-state index contributed by atoms with van der Waals surface area (Å²) in [4.78, 5) is 13.5. The number of carbonyl (C=O) groups excluding carboxylic acids is 1. The number of rotatable bonds is 3. The summed E-state index contributed by atoms with van der Waals surface area (Å²) in [6.07, 6.45) is 2.27. The van der Waals surface area contributed by atoms with E-state index in [-0.39, 0.29) is 18.1 Å². The molecule has 1 amide bonds. The largest absolute Gasteiger partial charge is 0.325 e. The van der Waals surface area contributed by atoms with Gasteiger partial charge >= 0.3 is 0 Å². The summed E-state index contributed by atoms with van der Waals surface area (Å²) in [5, 5.41) is 3.73. The van der Waals surface area contributed by atoms with E-state index in [9.17, 15) is 4.79 Å². The lowest BCUT2D eigenvalue weighted by Crippen LogP contribution is -2.38. The van der Waals surface area contributed by atoms with Gasteiger partial charge in [-0.1, -0.05) is 6.92 Å². The standard InChI is InChI=1S/C9H18N2OS/c1-6(13-4)5-11-8(3)10-7(2)9(11)12/h6-8,10H,5H2,1-4H3. The average molecular weight is 202 g/mol. The molecule has 3 atom stereocenters. The molecule has 1 fully saturated rings. The van der Waals surface area contributed by atoms with E-state index in [1.807, 2.05) is 18.7 Å². The van der Waals surface area contributed by atoms with E-state index in [0.29, 0.717) is 5.25 Å². The van der Waals surface area contributed by atoms with Crippen molar-refractivity contribution in [3.05, 3.63) is 0 Å². The Hall–Kier alpha value is -0.220. The molecule has 0 radical (unpaired) electrons. The van der Waals surface area contributed by atoms with Crippen molar-refractivity contribution in [1.29, 1.82) is 0 Å². The molecule has 3 unspecified atom stereocenters. The number of hydrogen-bond acceptors (Lipinski definition) is 3. The van der Waals surface area contributed by atoms with Gasteiger partial charge in [-0.2, -0.15) is 11.8 Å². The fourth-order valence-electron chi connectivity index (χ4n) is 1.56. The Bertz CT molecular complexity index is 198. The number of nitrogens with zero attached hydrogens (tertiary/aromatic N) is 1. The zero-order valence-electron chi connectivity index (χ0n) is 8.70. The maximum Gasteiger partial charge on any atom is 0.240 e. The van der Waals surface area contributed by atoms with Crippen molar-refractivity contribution in [2.75, 3.05) is 12.8 Å². The van der Waals surface area contributed by atoms with E-state index in [0.717, 1.165) is 6.54 Å². The molecular formula is C9H18N2OS. The lowest BCUT2D eigenvalue weighted by molar-refractivity contribution is -0.129. The summed E-state index contributed by atoms with van der Waals surface area (Å²) in [5.41, 5.74) is 0. The van der Waals surface area contributed by atoms with Gasteiger partial charge in [0.1, 0.15) is 0 Å². The van der Waals surface area contributed by atoms with Gasteiger partial charge < -0.3 is 4.90 Å². The third-order valence-electron chi connectivity index (χ3n) is 2.47. The second-order valence-electron chi connectivity index (χ2n) is 3.60. The highest BCUT2D eigenvalue weighted by atomic mass is 32.2. The Kier molecular flexibility index (Phi) is 3.62. The first-order chi connectivity index (χ1) is 6.06. The first-order valence-electron chi connectivity index (χ1n) is 4.65. The summed E-state index contributed by atoms with van der Waals surface area (Å²) < 4.78 is 0. The van der Waals surface area contributed by atoms with Crippen molar-refractivity contribution in [3.63, 3.8) is 0 Å². The number of carbonyl (C=O) groups is 1. The van der Waals surface area contributed by atoms with Gasteiger partial charge in [0.25, 0.3) is 0 Å². The van der Waals surface area contributed by atoms with E-state index in [4.69, 9.17) is 0 Å². The van der Waals surface area contributed by atoms with E-state index in [2.05, 4.69) is 18.5 Å². The highest BCUT2D eigenvalue weighted by Gasteiger charge is 2.33. The second-order valence-corrected chi connectivity index (χ2v) is 4.88. The number of thioether (sulfide) groups is 1. The van der Waals surface area contributed by atoms with Gasteiger partial charge in [-0.15, -0.1) is 0 Å². The monoisotopic (exact) mass is 202 g/mol. The van der Waals surface area contributed by atoms with Crippen molar-refractivity contribution in [3.8, 4) is 0 Å². The van der Waals surface area contributed by atoms with Crippen LogP contribution in [0.2, 0.25) is 0 Å². The molecule has 0 aromatic rings. The summed E-state index contributed by atoms with van der Waals surface area (Å²) in [6, 6.07) is -0.0101.